The molecule has 1 amide bonds. The number of amides is 1. The average molecular weight is 491 g/mol. The summed E-state index contributed by atoms with van der Waals surface area (Å²) in [5.41, 5.74) is 3.10. The van der Waals surface area contributed by atoms with Crippen molar-refractivity contribution in [1.29, 1.82) is 0 Å². The Morgan fingerprint density at radius 2 is 1.83 bits per heavy atom. The van der Waals surface area contributed by atoms with Crippen LogP contribution in [0.4, 0.5) is 11.5 Å². The van der Waals surface area contributed by atoms with E-state index in [0.717, 1.165) is 66.1 Å². The van der Waals surface area contributed by atoms with Crippen LogP contribution in [0.2, 0.25) is 0 Å². The van der Waals surface area contributed by atoms with Gasteiger partial charge in [0.25, 0.3) is 0 Å². The number of benzene rings is 2. The third-order valence-electron chi connectivity index (χ3n) is 6.98. The minimum atomic E-state index is 0.112. The molecule has 9 heteroatoms. The van der Waals surface area contributed by atoms with E-state index in [9.17, 15) is 9.90 Å². The molecule has 0 spiro atoms. The number of anilines is 2. The van der Waals surface area contributed by atoms with Gasteiger partial charge < -0.3 is 29.4 Å². The fraction of sp³-hybridized carbons (Fsp3) is 0.444. The molecule has 2 aliphatic rings. The highest BCUT2D eigenvalue weighted by Gasteiger charge is 2.29. The van der Waals surface area contributed by atoms with Gasteiger partial charge in [0.2, 0.25) is 5.91 Å². The number of phenolic OH excluding ortho intramolecular Hbond substituents is 1. The van der Waals surface area contributed by atoms with Gasteiger partial charge in [-0.15, -0.1) is 0 Å². The maximum Gasteiger partial charge on any atom is 0.318 e. The van der Waals surface area contributed by atoms with E-state index in [0.29, 0.717) is 32.3 Å². The summed E-state index contributed by atoms with van der Waals surface area (Å²) < 4.78 is 5.99. The molecule has 3 heterocycles. The molecule has 0 atom stereocenters. The van der Waals surface area contributed by atoms with Crippen LogP contribution >= 0.6 is 0 Å². The van der Waals surface area contributed by atoms with Crippen LogP contribution in [0.5, 0.6) is 11.8 Å². The van der Waals surface area contributed by atoms with E-state index in [4.69, 9.17) is 14.7 Å². The van der Waals surface area contributed by atoms with Gasteiger partial charge in [-0.2, -0.15) is 9.97 Å². The quantitative estimate of drug-likeness (QED) is 0.564. The molecule has 2 aliphatic heterocycles. The molecular formula is C27H34N6O3. The van der Waals surface area contributed by atoms with Crippen LogP contribution < -0.4 is 14.5 Å². The number of ether oxygens (including phenoxy) is 1. The first-order valence-corrected chi connectivity index (χ1v) is 12.5. The zero-order valence-corrected chi connectivity index (χ0v) is 21.3. The lowest BCUT2D eigenvalue weighted by Crippen LogP contribution is -2.49. The van der Waals surface area contributed by atoms with E-state index >= 15 is 0 Å². The number of aromatic nitrogens is 2. The molecule has 0 aliphatic carbocycles. The SMILES string of the molecule is CC(=O)N1CCN(c2nc(OCCN(C)C)nc3c2CCN(c2cc(O)cc4ccccc24)C3)CC1. The van der Waals surface area contributed by atoms with Crippen LogP contribution in [0.3, 0.4) is 0 Å². The highest BCUT2D eigenvalue weighted by atomic mass is 16.5. The Hall–Kier alpha value is -3.59. The molecule has 0 radical (unpaired) electrons. The molecule has 3 aromatic rings. The maximum atomic E-state index is 11.8. The van der Waals surface area contributed by atoms with Gasteiger partial charge in [0.1, 0.15) is 18.2 Å². The predicted octanol–water partition coefficient (Wildman–Crippen LogP) is 2.51. The number of rotatable bonds is 6. The fourth-order valence-corrected chi connectivity index (χ4v) is 5.01. The minimum absolute atomic E-state index is 0.112. The molecular weight excluding hydrogens is 456 g/mol. The lowest BCUT2D eigenvalue weighted by Gasteiger charge is -2.38. The lowest BCUT2D eigenvalue weighted by atomic mass is 10.0. The molecule has 1 N–H and O–H groups in total. The van der Waals surface area contributed by atoms with E-state index in [1.807, 2.05) is 43.3 Å². The summed E-state index contributed by atoms with van der Waals surface area (Å²) in [6, 6.07) is 12.2. The Balaban J connectivity index is 1.47. The number of carbonyl (C=O) groups is 1. The predicted molar refractivity (Wildman–Crippen MR) is 141 cm³/mol. The third kappa shape index (κ3) is 5.02. The lowest BCUT2D eigenvalue weighted by molar-refractivity contribution is -0.129. The van der Waals surface area contributed by atoms with Gasteiger partial charge in [0.05, 0.1) is 12.2 Å². The Morgan fingerprint density at radius 1 is 1.06 bits per heavy atom. The molecule has 0 bridgehead atoms. The van der Waals surface area contributed by atoms with Gasteiger partial charge in [0, 0.05) is 68.9 Å². The first-order chi connectivity index (χ1) is 17.4. The Labute approximate surface area is 211 Å². The second-order valence-electron chi connectivity index (χ2n) is 9.76. The van der Waals surface area contributed by atoms with E-state index in [1.165, 1.54) is 0 Å². The fourth-order valence-electron chi connectivity index (χ4n) is 5.01. The summed E-state index contributed by atoms with van der Waals surface area (Å²) in [5, 5.41) is 12.5. The Bertz CT molecular complexity index is 1260. The highest BCUT2D eigenvalue weighted by molar-refractivity contribution is 5.95. The van der Waals surface area contributed by atoms with Crippen molar-refractivity contribution in [3.05, 3.63) is 47.7 Å². The normalized spacial score (nSPS) is 15.9. The van der Waals surface area contributed by atoms with Crippen LogP contribution in [0.25, 0.3) is 10.8 Å². The van der Waals surface area contributed by atoms with E-state index < -0.39 is 0 Å². The van der Waals surface area contributed by atoms with Crippen molar-refractivity contribution >= 4 is 28.2 Å². The molecule has 0 saturated carbocycles. The van der Waals surface area contributed by atoms with Crippen LogP contribution in [-0.4, -0.2) is 90.8 Å². The Morgan fingerprint density at radius 3 is 2.58 bits per heavy atom. The Kier molecular flexibility index (Phi) is 6.82. The number of hydrogen-bond donors (Lipinski definition) is 1. The number of likely N-dealkylation sites (N-methyl/N-ethyl adjacent to an activating group) is 1. The molecule has 2 aromatic carbocycles. The molecule has 1 saturated heterocycles. The van der Waals surface area contributed by atoms with Crippen molar-refractivity contribution in [2.24, 2.45) is 0 Å². The number of hydrogen-bond acceptors (Lipinski definition) is 8. The topological polar surface area (TPSA) is 85.3 Å². The number of aromatic hydroxyl groups is 1. The molecule has 1 aromatic heterocycles. The maximum absolute atomic E-state index is 11.8. The second kappa shape index (κ2) is 10.2. The number of piperazine rings is 1. The number of phenols is 1. The van der Waals surface area contributed by atoms with Crippen molar-refractivity contribution < 1.29 is 14.6 Å². The zero-order valence-electron chi connectivity index (χ0n) is 21.3. The third-order valence-corrected chi connectivity index (χ3v) is 6.98. The zero-order chi connectivity index (χ0) is 25.2. The number of carbonyl (C=O) groups excluding carboxylic acids is 1. The van der Waals surface area contributed by atoms with Crippen molar-refractivity contribution in [2.45, 2.75) is 19.9 Å². The summed E-state index contributed by atoms with van der Waals surface area (Å²) in [7, 11) is 4.02. The largest absolute Gasteiger partial charge is 0.508 e. The van der Waals surface area contributed by atoms with E-state index in [-0.39, 0.29) is 11.7 Å². The van der Waals surface area contributed by atoms with Gasteiger partial charge in [0.15, 0.2) is 0 Å². The van der Waals surface area contributed by atoms with E-state index in [2.05, 4.69) is 20.8 Å². The van der Waals surface area contributed by atoms with Crippen molar-refractivity contribution in [2.75, 3.05) is 69.8 Å². The van der Waals surface area contributed by atoms with Gasteiger partial charge in [-0.05, 0) is 32.0 Å². The van der Waals surface area contributed by atoms with Gasteiger partial charge in [-0.1, -0.05) is 24.3 Å². The second-order valence-corrected chi connectivity index (χ2v) is 9.76. The molecule has 1 fully saturated rings. The molecule has 9 nitrogen and oxygen atoms in total. The van der Waals surface area contributed by atoms with Crippen LogP contribution in [-0.2, 0) is 17.8 Å². The van der Waals surface area contributed by atoms with Gasteiger partial charge >= 0.3 is 6.01 Å². The molecule has 36 heavy (non-hydrogen) atoms. The molecule has 0 unspecified atom stereocenters. The number of nitrogens with zero attached hydrogens (tertiary/aromatic N) is 6. The summed E-state index contributed by atoms with van der Waals surface area (Å²) in [4.78, 5) is 30.0. The summed E-state index contributed by atoms with van der Waals surface area (Å²) >= 11 is 0. The highest BCUT2D eigenvalue weighted by Crippen LogP contribution is 2.36. The minimum Gasteiger partial charge on any atom is -0.508 e. The van der Waals surface area contributed by atoms with Crippen molar-refractivity contribution in [1.82, 2.24) is 19.8 Å². The molecule has 190 valence electrons. The van der Waals surface area contributed by atoms with Crippen LogP contribution in [0.1, 0.15) is 18.2 Å². The summed E-state index contributed by atoms with van der Waals surface area (Å²) in [5.74, 6) is 1.29. The van der Waals surface area contributed by atoms with Crippen LogP contribution in [0, 0.1) is 0 Å². The van der Waals surface area contributed by atoms with Crippen molar-refractivity contribution in [3.63, 3.8) is 0 Å². The first kappa shape index (κ1) is 24.1. The van der Waals surface area contributed by atoms with E-state index in [1.54, 1.807) is 13.0 Å². The van der Waals surface area contributed by atoms with Crippen LogP contribution in [0.15, 0.2) is 36.4 Å². The van der Waals surface area contributed by atoms with Crippen molar-refractivity contribution in [3.8, 4) is 11.8 Å². The first-order valence-electron chi connectivity index (χ1n) is 12.5. The summed E-state index contributed by atoms with van der Waals surface area (Å²) in [6.45, 7) is 7.15. The smallest absolute Gasteiger partial charge is 0.318 e. The van der Waals surface area contributed by atoms with Gasteiger partial charge in [-0.3, -0.25) is 4.79 Å². The van der Waals surface area contributed by atoms with Gasteiger partial charge in [-0.25, -0.2) is 0 Å². The standard InChI is InChI=1S/C27H34N6O3/c1-19(34)31-10-12-32(13-11-31)26-23-8-9-33(18-24(23)28-27(29-26)36-15-14-30(2)3)25-17-21(35)16-20-6-4-5-7-22(20)25/h4-7,16-17,35H,8-15,18H2,1-3H3. The summed E-state index contributed by atoms with van der Waals surface area (Å²) in [6.07, 6.45) is 0.791. The molecule has 5 rings (SSSR count). The monoisotopic (exact) mass is 490 g/mol. The average Bonchev–Trinajstić information content (AvgIpc) is 2.87. The number of fused-ring (bicyclic) bond motifs is 2.